The average Bonchev–Trinajstić information content (AvgIpc) is 3.09. The quantitative estimate of drug-likeness (QED) is 0.127. The van der Waals surface area contributed by atoms with Gasteiger partial charge in [-0.3, -0.25) is 27.6 Å². The molecule has 302 valence electrons. The van der Waals surface area contributed by atoms with Crippen molar-refractivity contribution >= 4 is 80.0 Å². The van der Waals surface area contributed by atoms with E-state index in [4.69, 9.17) is 5.73 Å². The summed E-state index contributed by atoms with van der Waals surface area (Å²) in [5.41, 5.74) is 6.30. The molecule has 23 heteroatoms. The van der Waals surface area contributed by atoms with Crippen LogP contribution in [-0.4, -0.2) is 90.8 Å². The van der Waals surface area contributed by atoms with E-state index in [1.54, 1.807) is 38.2 Å². The highest BCUT2D eigenvalue weighted by atomic mass is 32.2. The van der Waals surface area contributed by atoms with Crippen LogP contribution in [-0.2, 0) is 40.4 Å². The molecule has 0 radical (unpaired) electrons. The first kappa shape index (κ1) is 41.9. The summed E-state index contributed by atoms with van der Waals surface area (Å²) in [6, 6.07) is 1.91. The molecule has 5 aliphatic rings. The molecule has 0 aromatic heterocycles. The maximum absolute atomic E-state index is 13.5. The molecule has 0 saturated heterocycles. The molecule has 0 heterocycles. The van der Waals surface area contributed by atoms with Crippen LogP contribution in [0.25, 0.3) is 6.08 Å². The molecule has 0 atom stereocenters. The van der Waals surface area contributed by atoms with Crippen molar-refractivity contribution in [3.05, 3.63) is 138 Å². The predicted octanol–water partition coefficient (Wildman–Crippen LogP) is 3.37. The second-order valence-electron chi connectivity index (χ2n) is 12.9. The van der Waals surface area contributed by atoms with Crippen molar-refractivity contribution in [2.24, 2.45) is 26.1 Å². The third-order valence-electron chi connectivity index (χ3n) is 8.86. The van der Waals surface area contributed by atoms with Crippen LogP contribution in [0.2, 0.25) is 0 Å². The largest absolute Gasteiger partial charge is 0.505 e. The molecule has 8 N–H and O–H groups in total. The number of benzene rings is 1. The molecule has 0 fully saturated rings. The van der Waals surface area contributed by atoms with Gasteiger partial charge in [-0.2, -0.15) is 35.5 Å². The highest BCUT2D eigenvalue weighted by Gasteiger charge is 2.36. The molecule has 0 aliphatic heterocycles. The van der Waals surface area contributed by atoms with Crippen molar-refractivity contribution in [2.45, 2.75) is 25.7 Å². The summed E-state index contributed by atoms with van der Waals surface area (Å²) in [6.45, 7) is 4.67. The van der Waals surface area contributed by atoms with E-state index in [1.807, 2.05) is 0 Å². The minimum absolute atomic E-state index is 0.0812. The number of carbonyl (C=O) groups is 1. The number of carbonyl (C=O) groups excluding carboxylic acids is 1. The highest BCUT2D eigenvalue weighted by Crippen LogP contribution is 2.35. The van der Waals surface area contributed by atoms with Crippen LogP contribution in [0.3, 0.4) is 0 Å². The molecular weight excluding hydrogens is 843 g/mol. The number of aliphatic hydroxyl groups excluding tert-OH is 1. The van der Waals surface area contributed by atoms with Crippen LogP contribution >= 0.6 is 0 Å². The number of rotatable bonds is 5. The van der Waals surface area contributed by atoms with Gasteiger partial charge in [0.1, 0.15) is 15.5 Å². The van der Waals surface area contributed by atoms with Crippen molar-refractivity contribution < 1.29 is 62.1 Å². The van der Waals surface area contributed by atoms with Crippen molar-refractivity contribution in [1.82, 2.24) is 0 Å². The first-order chi connectivity index (χ1) is 26.8. The van der Waals surface area contributed by atoms with Gasteiger partial charge in [0.15, 0.2) is 11.5 Å². The van der Waals surface area contributed by atoms with Gasteiger partial charge in [0, 0.05) is 16.8 Å². The Morgan fingerprint density at radius 3 is 1.60 bits per heavy atom. The lowest BCUT2D eigenvalue weighted by molar-refractivity contribution is 0.106. The lowest BCUT2D eigenvalue weighted by Gasteiger charge is -2.23. The Balaban J connectivity index is 1.31. The van der Waals surface area contributed by atoms with Crippen LogP contribution in [0.15, 0.2) is 147 Å². The van der Waals surface area contributed by atoms with Gasteiger partial charge in [-0.25, -0.2) is 4.21 Å². The zero-order valence-corrected chi connectivity index (χ0v) is 33.1. The van der Waals surface area contributed by atoms with Gasteiger partial charge in [0.2, 0.25) is 15.9 Å². The van der Waals surface area contributed by atoms with E-state index in [9.17, 15) is 62.1 Å². The summed E-state index contributed by atoms with van der Waals surface area (Å²) in [5, 5.41) is 26.9. The number of aryl methyl sites for hydroxylation is 1. The van der Waals surface area contributed by atoms with E-state index in [1.165, 1.54) is 19.1 Å². The lowest BCUT2D eigenvalue weighted by atomic mass is 9.90. The molecule has 0 bridgehead atoms. The molecular formula is C35H29N5O14S4. The smallest absolute Gasteiger partial charge is 0.296 e. The topological polar surface area (TPSA) is 333 Å². The number of nitrogens with zero attached hydrogens (tertiary/aromatic N) is 4. The van der Waals surface area contributed by atoms with Crippen LogP contribution in [0.5, 0.6) is 0 Å². The summed E-state index contributed by atoms with van der Waals surface area (Å²) in [5.74, 6) is -1.80. The van der Waals surface area contributed by atoms with Gasteiger partial charge in [-0.1, -0.05) is 12.2 Å². The van der Waals surface area contributed by atoms with Gasteiger partial charge in [-0.15, -0.1) is 10.2 Å². The molecule has 19 nitrogen and oxygen atoms in total. The summed E-state index contributed by atoms with van der Waals surface area (Å²) < 4.78 is 133. The molecule has 58 heavy (non-hydrogen) atoms. The fourth-order valence-corrected chi connectivity index (χ4v) is 8.60. The monoisotopic (exact) mass is 871 g/mol. The van der Waals surface area contributed by atoms with E-state index in [2.05, 4.69) is 20.4 Å². The van der Waals surface area contributed by atoms with E-state index in [-0.39, 0.29) is 45.0 Å². The number of hydrogen-bond acceptors (Lipinski definition) is 14. The van der Waals surface area contributed by atoms with Gasteiger partial charge < -0.3 is 10.8 Å². The maximum Gasteiger partial charge on any atom is 0.296 e. The Hall–Kier alpha value is -5.76. The normalized spacial score (nSPS) is 23.1. The Bertz CT molecular complexity index is 3130. The summed E-state index contributed by atoms with van der Waals surface area (Å²) in [6.07, 6.45) is 13.2. The number of fused-ring (bicyclic) bond motifs is 2. The average molecular weight is 872 g/mol. The minimum Gasteiger partial charge on any atom is -0.505 e. The van der Waals surface area contributed by atoms with E-state index < -0.39 is 83.0 Å². The van der Waals surface area contributed by atoms with Gasteiger partial charge in [0.05, 0.1) is 21.2 Å². The third kappa shape index (κ3) is 8.15. The summed E-state index contributed by atoms with van der Waals surface area (Å²) in [7, 11) is -19.4. The second-order valence-corrected chi connectivity index (χ2v) is 18.6. The number of hydrogen-bond donors (Lipinski definition) is 7. The molecule has 6 rings (SSSR count). The molecule has 0 amide bonds. The zero-order valence-electron chi connectivity index (χ0n) is 29.9. The summed E-state index contributed by atoms with van der Waals surface area (Å²) in [4.78, 5) is 10.4. The van der Waals surface area contributed by atoms with Crippen LogP contribution in [0.4, 0.5) is 0 Å². The van der Waals surface area contributed by atoms with Gasteiger partial charge in [0.25, 0.3) is 30.4 Å². The van der Waals surface area contributed by atoms with Crippen LogP contribution < -0.4 is 5.73 Å². The molecule has 1 aromatic carbocycles. The Labute approximate surface area is 330 Å². The number of ketones is 1. The van der Waals surface area contributed by atoms with Crippen molar-refractivity contribution in [3.63, 3.8) is 0 Å². The fourth-order valence-electron chi connectivity index (χ4n) is 6.12. The first-order valence-corrected chi connectivity index (χ1v) is 21.9. The molecule has 5 aliphatic carbocycles. The lowest BCUT2D eigenvalue weighted by Crippen LogP contribution is -2.27. The van der Waals surface area contributed by atoms with E-state index in [0.29, 0.717) is 22.3 Å². The fraction of sp³-hybridized carbons (Fsp3) is 0.0857. The van der Waals surface area contributed by atoms with Crippen LogP contribution in [0.1, 0.15) is 35.3 Å². The predicted molar refractivity (Wildman–Crippen MR) is 215 cm³/mol. The SMILES string of the molecule is CC1=C/C(=C2\C=CC(=NN=C3C(S(=O)(=O)O)=CC4=CC(=S(=O)(O)O)C=C(N)C4=C3O)C(C)=C2)C=CC1=NN=C1C(=O)c2c(C)cc(S(=O)(=O)O)cc2C=C1S(=O)(=O)O. The Morgan fingerprint density at radius 2 is 1.12 bits per heavy atom. The third-order valence-corrected chi connectivity index (χ3v) is 12.3. The molecule has 0 saturated carbocycles. The Kier molecular flexibility index (Phi) is 10.5. The van der Waals surface area contributed by atoms with Crippen LogP contribution in [0, 0.1) is 6.92 Å². The number of aliphatic hydroxyl groups is 1. The second kappa shape index (κ2) is 14.6. The summed E-state index contributed by atoms with van der Waals surface area (Å²) >= 11 is 0. The van der Waals surface area contributed by atoms with Crippen molar-refractivity contribution in [1.29, 1.82) is 0 Å². The maximum atomic E-state index is 13.5. The van der Waals surface area contributed by atoms with Crippen molar-refractivity contribution in [2.75, 3.05) is 0 Å². The number of allylic oxidation sites excluding steroid dienone is 16. The standard InChI is InChI=1S/C35H29N5O14S4/c1-16-8-19(4-6-26(16)37-39-32-28(57(49,50)51)13-21-11-23(55(43,44)45)10-18(3)30(21)34(32)41)20-5-7-27(17(2)9-20)38-40-33-29(58(52,53)54)14-22-12-24(56(46,47)48)15-25(36)31(22)35(33)42/h4-15,42H,36H2,1-3H3,(H,43,44,45)(H2,46,47,48)(H,49,50,51)(H,52,53,54)/b20-19+,37-26?,38-27?,39-32?,40-33?. The molecule has 0 unspecified atom stereocenters. The van der Waals surface area contributed by atoms with E-state index in [0.717, 1.165) is 36.4 Å². The van der Waals surface area contributed by atoms with Gasteiger partial charge >= 0.3 is 0 Å². The van der Waals surface area contributed by atoms with E-state index >= 15 is 0 Å². The zero-order chi connectivity index (χ0) is 42.9. The Morgan fingerprint density at radius 1 is 0.603 bits per heavy atom. The van der Waals surface area contributed by atoms with Crippen molar-refractivity contribution in [3.8, 4) is 0 Å². The number of Topliss-reactive ketones (excluding diaryl/α,β-unsaturated/α-hetero) is 1. The van der Waals surface area contributed by atoms with Gasteiger partial charge in [-0.05, 0) is 121 Å². The minimum atomic E-state index is -5.08. The highest BCUT2D eigenvalue weighted by molar-refractivity contribution is 7.92. The first-order valence-electron chi connectivity index (χ1n) is 16.1. The molecule has 0 spiro atoms. The number of nitrogens with two attached hydrogens (primary N) is 1. The molecule has 1 aromatic rings.